The number of carbonyl (C=O) groups excluding carboxylic acids is 1. The molecule has 2 aromatic rings. The van der Waals surface area contributed by atoms with Gasteiger partial charge in [0.25, 0.3) is 5.56 Å². The molecule has 0 spiro atoms. The van der Waals surface area contributed by atoms with Crippen molar-refractivity contribution in [2.24, 2.45) is 0 Å². The van der Waals surface area contributed by atoms with Crippen LogP contribution in [-0.2, 0) is 4.74 Å². The van der Waals surface area contributed by atoms with Gasteiger partial charge in [-0.05, 0) is 58.2 Å². The second kappa shape index (κ2) is 8.18. The molecule has 0 bridgehead atoms. The van der Waals surface area contributed by atoms with Crippen molar-refractivity contribution in [3.63, 3.8) is 0 Å². The summed E-state index contributed by atoms with van der Waals surface area (Å²) in [6, 6.07) is 5.27. The maximum atomic E-state index is 12.0. The Bertz CT molecular complexity index is 892. The van der Waals surface area contributed by atoms with Gasteiger partial charge in [0, 0.05) is 18.3 Å². The van der Waals surface area contributed by atoms with Crippen molar-refractivity contribution in [1.82, 2.24) is 20.1 Å². The highest BCUT2D eigenvalue weighted by molar-refractivity contribution is 6.30. The number of pyridine rings is 1. The number of aromatic nitrogens is 3. The fourth-order valence-corrected chi connectivity index (χ4v) is 3.23. The van der Waals surface area contributed by atoms with Gasteiger partial charge in [0.1, 0.15) is 16.4 Å². The van der Waals surface area contributed by atoms with Crippen LogP contribution in [0.25, 0.3) is 5.69 Å². The van der Waals surface area contributed by atoms with Gasteiger partial charge in [-0.1, -0.05) is 11.6 Å². The number of ether oxygens (including phenoxy) is 1. The van der Waals surface area contributed by atoms with Crippen molar-refractivity contribution in [3.05, 3.63) is 46.0 Å². The Morgan fingerprint density at radius 2 is 2.00 bits per heavy atom. The van der Waals surface area contributed by atoms with E-state index in [4.69, 9.17) is 16.3 Å². The number of hydrogen-bond donors (Lipinski definition) is 2. The summed E-state index contributed by atoms with van der Waals surface area (Å²) in [5, 5.41) is 10.4. The van der Waals surface area contributed by atoms with Crippen LogP contribution in [0.2, 0.25) is 5.02 Å². The third kappa shape index (κ3) is 5.22. The molecule has 3 rings (SSSR count). The quantitative estimate of drug-likeness (QED) is 0.810. The molecule has 1 saturated carbocycles. The molecule has 28 heavy (non-hydrogen) atoms. The van der Waals surface area contributed by atoms with E-state index in [0.29, 0.717) is 11.5 Å². The molecule has 2 aromatic heterocycles. The van der Waals surface area contributed by atoms with Gasteiger partial charge < -0.3 is 15.4 Å². The van der Waals surface area contributed by atoms with Crippen LogP contribution in [-0.4, -0.2) is 38.5 Å². The predicted molar refractivity (Wildman–Crippen MR) is 107 cm³/mol. The number of nitrogens with zero attached hydrogens (tertiary/aromatic N) is 3. The molecule has 1 aliphatic rings. The number of halogens is 1. The zero-order valence-corrected chi connectivity index (χ0v) is 16.9. The van der Waals surface area contributed by atoms with Gasteiger partial charge in [-0.3, -0.25) is 4.79 Å². The first-order valence-corrected chi connectivity index (χ1v) is 9.55. The third-order valence-electron chi connectivity index (χ3n) is 4.30. The molecule has 0 unspecified atom stereocenters. The smallest absolute Gasteiger partial charge is 0.407 e. The lowest BCUT2D eigenvalue weighted by Gasteiger charge is -2.22. The Balaban J connectivity index is 1.56. The highest BCUT2D eigenvalue weighted by atomic mass is 35.5. The van der Waals surface area contributed by atoms with E-state index in [0.717, 1.165) is 19.3 Å². The van der Waals surface area contributed by atoms with Crippen molar-refractivity contribution in [3.8, 4) is 5.69 Å². The van der Waals surface area contributed by atoms with Crippen molar-refractivity contribution in [2.75, 3.05) is 5.32 Å². The van der Waals surface area contributed by atoms with E-state index in [1.54, 1.807) is 18.3 Å². The summed E-state index contributed by atoms with van der Waals surface area (Å²) in [7, 11) is 0. The van der Waals surface area contributed by atoms with Gasteiger partial charge >= 0.3 is 6.09 Å². The maximum absolute atomic E-state index is 12.0. The van der Waals surface area contributed by atoms with Crippen molar-refractivity contribution < 1.29 is 9.53 Å². The normalized spacial score (nSPS) is 19.3. The van der Waals surface area contributed by atoms with E-state index in [9.17, 15) is 9.59 Å². The van der Waals surface area contributed by atoms with Gasteiger partial charge in [0.15, 0.2) is 0 Å². The van der Waals surface area contributed by atoms with Crippen molar-refractivity contribution in [1.29, 1.82) is 0 Å². The Morgan fingerprint density at radius 3 is 2.68 bits per heavy atom. The van der Waals surface area contributed by atoms with Crippen LogP contribution in [0.5, 0.6) is 0 Å². The Hall–Kier alpha value is -2.61. The largest absolute Gasteiger partial charge is 0.444 e. The molecule has 0 aliphatic heterocycles. The molecule has 0 radical (unpaired) electrons. The molecule has 8 nitrogen and oxygen atoms in total. The molecule has 0 saturated heterocycles. The molecule has 2 N–H and O–H groups in total. The minimum atomic E-state index is -0.508. The molecular formula is C19H24ClN5O3. The van der Waals surface area contributed by atoms with Crippen LogP contribution in [0.1, 0.15) is 40.0 Å². The summed E-state index contributed by atoms with van der Waals surface area (Å²) in [5.74, 6) is 0.696. The lowest BCUT2D eigenvalue weighted by Crippen LogP contribution is -2.38. The lowest BCUT2D eigenvalue weighted by molar-refractivity contribution is 0.0505. The van der Waals surface area contributed by atoms with Crippen LogP contribution < -0.4 is 16.2 Å². The average Bonchev–Trinajstić information content (AvgIpc) is 3.03. The van der Waals surface area contributed by atoms with Crippen LogP contribution in [0.15, 0.2) is 35.4 Å². The number of amides is 1. The minimum Gasteiger partial charge on any atom is -0.444 e. The number of nitrogens with one attached hydrogen (secondary N) is 2. The van der Waals surface area contributed by atoms with Gasteiger partial charge in [-0.2, -0.15) is 9.78 Å². The monoisotopic (exact) mass is 405 g/mol. The Kier molecular flexibility index (Phi) is 5.88. The summed E-state index contributed by atoms with van der Waals surface area (Å²) >= 11 is 5.85. The molecule has 2 heterocycles. The lowest BCUT2D eigenvalue weighted by atomic mass is 10.2. The van der Waals surface area contributed by atoms with Crippen molar-refractivity contribution >= 4 is 23.5 Å². The van der Waals surface area contributed by atoms with E-state index < -0.39 is 11.2 Å². The first-order valence-electron chi connectivity index (χ1n) is 9.17. The van der Waals surface area contributed by atoms with Gasteiger partial charge in [0.2, 0.25) is 0 Å². The average molecular weight is 406 g/mol. The standard InChI is InChI=1S/C19H24ClN5O3/c1-19(2,3)28-18(27)24-13-5-4-12(10-13)23-16-7-6-14(11-21-16)25-17(26)15(20)8-9-22-25/h6-9,11-13H,4-5,10H2,1-3H3,(H,21,23)(H,24,27)/t12-,13-/m0/s1. The molecule has 0 aromatic carbocycles. The van der Waals surface area contributed by atoms with E-state index in [1.165, 1.54) is 16.9 Å². The summed E-state index contributed by atoms with van der Waals surface area (Å²) in [6.07, 6.45) is 5.22. The zero-order chi connectivity index (χ0) is 20.3. The first-order chi connectivity index (χ1) is 13.2. The molecule has 9 heteroatoms. The summed E-state index contributed by atoms with van der Waals surface area (Å²) in [6.45, 7) is 5.52. The number of rotatable bonds is 4. The third-order valence-corrected chi connectivity index (χ3v) is 4.59. The molecule has 150 valence electrons. The first kappa shape index (κ1) is 20.1. The highest BCUT2D eigenvalue weighted by Gasteiger charge is 2.27. The molecular weight excluding hydrogens is 382 g/mol. The second-order valence-electron chi connectivity index (χ2n) is 7.80. The van der Waals surface area contributed by atoms with E-state index in [-0.39, 0.29) is 23.2 Å². The van der Waals surface area contributed by atoms with Crippen LogP contribution in [0.3, 0.4) is 0 Å². The highest BCUT2D eigenvalue weighted by Crippen LogP contribution is 2.23. The maximum Gasteiger partial charge on any atom is 0.407 e. The molecule has 1 amide bonds. The van der Waals surface area contributed by atoms with Gasteiger partial charge in [-0.25, -0.2) is 9.78 Å². The number of alkyl carbamates (subject to hydrolysis) is 1. The zero-order valence-electron chi connectivity index (χ0n) is 16.1. The fourth-order valence-electron chi connectivity index (χ4n) is 3.10. The fraction of sp³-hybridized carbons (Fsp3) is 0.474. The van der Waals surface area contributed by atoms with E-state index in [1.807, 2.05) is 20.8 Å². The van der Waals surface area contributed by atoms with Gasteiger partial charge in [0.05, 0.1) is 11.9 Å². The van der Waals surface area contributed by atoms with E-state index in [2.05, 4.69) is 20.7 Å². The van der Waals surface area contributed by atoms with Gasteiger partial charge in [-0.15, -0.1) is 0 Å². The Morgan fingerprint density at radius 1 is 1.25 bits per heavy atom. The predicted octanol–water partition coefficient (Wildman–Crippen LogP) is 3.14. The number of anilines is 1. The number of carbonyl (C=O) groups is 1. The van der Waals surface area contributed by atoms with Crippen LogP contribution in [0.4, 0.5) is 10.6 Å². The number of hydrogen-bond acceptors (Lipinski definition) is 6. The topological polar surface area (TPSA) is 98.1 Å². The molecule has 1 fully saturated rings. The second-order valence-corrected chi connectivity index (χ2v) is 8.20. The van der Waals surface area contributed by atoms with Crippen LogP contribution >= 0.6 is 11.6 Å². The summed E-state index contributed by atoms with van der Waals surface area (Å²) in [4.78, 5) is 28.3. The van der Waals surface area contributed by atoms with E-state index >= 15 is 0 Å². The molecule has 1 aliphatic carbocycles. The molecule has 2 atom stereocenters. The SMILES string of the molecule is CC(C)(C)OC(=O)N[C@H]1CC[C@H](Nc2ccc(-n3nccc(Cl)c3=O)cn2)C1. The Labute approximate surface area is 168 Å². The minimum absolute atomic E-state index is 0.0702. The van der Waals surface area contributed by atoms with Crippen molar-refractivity contribution in [2.45, 2.75) is 57.7 Å². The van der Waals surface area contributed by atoms with Crippen LogP contribution in [0, 0.1) is 0 Å². The summed E-state index contributed by atoms with van der Waals surface area (Å²) in [5.41, 5.74) is -0.362. The summed E-state index contributed by atoms with van der Waals surface area (Å²) < 4.78 is 6.50.